The highest BCUT2D eigenvalue weighted by molar-refractivity contribution is 9.11. The zero-order chi connectivity index (χ0) is 32.1. The average molecular weight is 757 g/mol. The van der Waals surface area contributed by atoms with Crippen LogP contribution in [-0.4, -0.2) is 30.4 Å². The van der Waals surface area contributed by atoms with Crippen LogP contribution in [0.25, 0.3) is 6.08 Å². The number of ether oxygens (including phenoxy) is 4. The van der Waals surface area contributed by atoms with Crippen LogP contribution in [0.3, 0.4) is 0 Å². The van der Waals surface area contributed by atoms with Gasteiger partial charge in [0.1, 0.15) is 12.4 Å². The lowest BCUT2D eigenvalue weighted by Gasteiger charge is -2.25. The van der Waals surface area contributed by atoms with Gasteiger partial charge in [-0.3, -0.25) is 9.36 Å². The Morgan fingerprint density at radius 1 is 0.933 bits per heavy atom. The van der Waals surface area contributed by atoms with E-state index in [9.17, 15) is 9.59 Å². The fraction of sp³-hybridized carbons (Fsp3) is 0.265. The van der Waals surface area contributed by atoms with E-state index in [2.05, 4.69) is 36.9 Å². The maximum absolute atomic E-state index is 14.1. The van der Waals surface area contributed by atoms with Crippen LogP contribution in [-0.2, 0) is 16.1 Å². The molecule has 5 rings (SSSR count). The third-order valence-corrected chi connectivity index (χ3v) is 9.11. The molecule has 1 aromatic heterocycles. The van der Waals surface area contributed by atoms with Gasteiger partial charge in [-0.05, 0) is 107 Å². The van der Waals surface area contributed by atoms with Crippen LogP contribution in [0.1, 0.15) is 50.4 Å². The molecule has 0 saturated carbocycles. The van der Waals surface area contributed by atoms with Gasteiger partial charge in [0.05, 0.1) is 50.6 Å². The highest BCUT2D eigenvalue weighted by Gasteiger charge is 2.34. The van der Waals surface area contributed by atoms with Crippen molar-refractivity contribution in [3.63, 3.8) is 0 Å². The number of thiazole rings is 1. The molecule has 1 aliphatic heterocycles. The topological polar surface area (TPSA) is 88.4 Å². The number of benzene rings is 3. The Hall–Kier alpha value is -3.67. The first kappa shape index (κ1) is 32.7. The summed E-state index contributed by atoms with van der Waals surface area (Å²) in [6, 6.07) is 18.4. The first-order chi connectivity index (χ1) is 21.7. The Bertz CT molecular complexity index is 1910. The number of hydrogen-bond donors (Lipinski definition) is 0. The molecule has 0 amide bonds. The summed E-state index contributed by atoms with van der Waals surface area (Å²) in [5.41, 5.74) is 3.02. The largest absolute Gasteiger partial charge is 0.490 e. The molecule has 1 aliphatic rings. The predicted molar refractivity (Wildman–Crippen MR) is 182 cm³/mol. The molecule has 0 fully saturated rings. The summed E-state index contributed by atoms with van der Waals surface area (Å²) < 4.78 is 26.6. The second-order valence-corrected chi connectivity index (χ2v) is 12.7. The molecular weight excluding hydrogens is 724 g/mol. The normalized spacial score (nSPS) is 14.5. The number of nitrogens with zero attached hydrogens (tertiary/aromatic N) is 2. The summed E-state index contributed by atoms with van der Waals surface area (Å²) in [5.74, 6) is 1.25. The van der Waals surface area contributed by atoms with Gasteiger partial charge >= 0.3 is 5.97 Å². The second-order valence-electron chi connectivity index (χ2n) is 9.96. The minimum absolute atomic E-state index is 0.190. The van der Waals surface area contributed by atoms with E-state index in [0.717, 1.165) is 20.1 Å². The summed E-state index contributed by atoms with van der Waals surface area (Å²) in [5, 5.41) is 0. The number of carbonyl (C=O) groups is 1. The molecule has 0 spiro atoms. The molecule has 8 nitrogen and oxygen atoms in total. The lowest BCUT2D eigenvalue weighted by atomic mass is 9.95. The molecule has 0 aliphatic carbocycles. The quantitative estimate of drug-likeness (QED) is 0.159. The number of rotatable bonds is 11. The molecule has 0 radical (unpaired) electrons. The molecule has 0 saturated heterocycles. The maximum atomic E-state index is 14.1. The Morgan fingerprint density at radius 3 is 2.29 bits per heavy atom. The van der Waals surface area contributed by atoms with E-state index in [1.54, 1.807) is 24.5 Å². The Labute approximate surface area is 281 Å². The van der Waals surface area contributed by atoms with Crippen molar-refractivity contribution in [3.8, 4) is 17.2 Å². The van der Waals surface area contributed by atoms with Gasteiger partial charge in [0, 0.05) is 0 Å². The first-order valence-corrected chi connectivity index (χ1v) is 16.9. The molecule has 45 heavy (non-hydrogen) atoms. The Kier molecular flexibility index (Phi) is 10.6. The molecule has 1 atom stereocenters. The van der Waals surface area contributed by atoms with Crippen LogP contribution in [0, 0.1) is 0 Å². The van der Waals surface area contributed by atoms with Gasteiger partial charge in [0.15, 0.2) is 16.3 Å². The summed E-state index contributed by atoms with van der Waals surface area (Å²) in [4.78, 5) is 32.6. The minimum atomic E-state index is -0.774. The molecule has 0 N–H and O–H groups in total. The van der Waals surface area contributed by atoms with Gasteiger partial charge in [-0.2, -0.15) is 0 Å². The van der Waals surface area contributed by atoms with Crippen molar-refractivity contribution >= 4 is 55.2 Å². The number of fused-ring (bicyclic) bond motifs is 1. The van der Waals surface area contributed by atoms with Crippen molar-refractivity contribution in [1.29, 1.82) is 0 Å². The molecule has 4 aromatic rings. The molecule has 0 bridgehead atoms. The minimum Gasteiger partial charge on any atom is -0.490 e. The van der Waals surface area contributed by atoms with E-state index in [4.69, 9.17) is 18.9 Å². The van der Waals surface area contributed by atoms with E-state index < -0.39 is 12.0 Å². The smallest absolute Gasteiger partial charge is 0.338 e. The third kappa shape index (κ3) is 7.10. The van der Waals surface area contributed by atoms with E-state index in [0.29, 0.717) is 63.2 Å². The van der Waals surface area contributed by atoms with Gasteiger partial charge in [0.2, 0.25) is 0 Å². The monoisotopic (exact) mass is 754 g/mol. The lowest BCUT2D eigenvalue weighted by molar-refractivity contribution is -0.139. The van der Waals surface area contributed by atoms with Crippen LogP contribution in [0.4, 0.5) is 0 Å². The number of aromatic nitrogens is 1. The van der Waals surface area contributed by atoms with Crippen molar-refractivity contribution < 1.29 is 23.7 Å². The van der Waals surface area contributed by atoms with Crippen LogP contribution in [0.5, 0.6) is 17.2 Å². The van der Waals surface area contributed by atoms with Crippen molar-refractivity contribution in [2.75, 3.05) is 19.8 Å². The van der Waals surface area contributed by atoms with Crippen molar-refractivity contribution in [2.45, 2.75) is 40.3 Å². The highest BCUT2D eigenvalue weighted by atomic mass is 79.9. The molecular formula is C34H32Br2N2O6S. The van der Waals surface area contributed by atoms with E-state index >= 15 is 0 Å². The van der Waals surface area contributed by atoms with Crippen molar-refractivity contribution in [2.24, 2.45) is 4.99 Å². The molecule has 2 heterocycles. The van der Waals surface area contributed by atoms with E-state index in [1.165, 1.54) is 11.3 Å². The van der Waals surface area contributed by atoms with E-state index in [-0.39, 0.29) is 12.2 Å². The van der Waals surface area contributed by atoms with Gasteiger partial charge in [-0.1, -0.05) is 47.7 Å². The van der Waals surface area contributed by atoms with Gasteiger partial charge in [0.25, 0.3) is 5.56 Å². The summed E-state index contributed by atoms with van der Waals surface area (Å²) in [7, 11) is 0. The standard InChI is InChI=1S/C34H32Br2N2O6S/c1-5-41-26-14-13-23(18-27(26)42-6-2)30-29(33(40)43-7-3)20(4)37-34-38(30)32(39)28(45-34)17-22-15-24(35)31(25(36)16-22)44-19-21-11-9-8-10-12-21/h8-18,30H,5-7,19H2,1-4H3/b28-17-/t30-/m0/s1. The fourth-order valence-corrected chi connectivity index (χ4v) is 7.52. The van der Waals surface area contributed by atoms with Crippen LogP contribution in [0.15, 0.2) is 90.7 Å². The summed E-state index contributed by atoms with van der Waals surface area (Å²) in [6.45, 7) is 8.78. The summed E-state index contributed by atoms with van der Waals surface area (Å²) in [6.07, 6.45) is 1.81. The second kappa shape index (κ2) is 14.6. The maximum Gasteiger partial charge on any atom is 0.338 e. The summed E-state index contributed by atoms with van der Waals surface area (Å²) >= 11 is 8.52. The van der Waals surface area contributed by atoms with Gasteiger partial charge in [-0.25, -0.2) is 9.79 Å². The highest BCUT2D eigenvalue weighted by Crippen LogP contribution is 2.37. The van der Waals surface area contributed by atoms with Crippen molar-refractivity contribution in [1.82, 2.24) is 4.57 Å². The molecule has 3 aromatic carbocycles. The van der Waals surface area contributed by atoms with Gasteiger partial charge in [-0.15, -0.1) is 0 Å². The third-order valence-electron chi connectivity index (χ3n) is 6.94. The lowest BCUT2D eigenvalue weighted by Crippen LogP contribution is -2.40. The van der Waals surface area contributed by atoms with E-state index in [1.807, 2.05) is 74.5 Å². The zero-order valence-electron chi connectivity index (χ0n) is 25.3. The SMILES string of the molecule is CCOC(=O)C1=C(C)N=c2s/c(=C\c3cc(Br)c(OCc4ccccc4)c(Br)c3)c(=O)n2[C@H]1c1ccc(OCC)c(OCC)c1. The van der Waals surface area contributed by atoms with Gasteiger partial charge < -0.3 is 18.9 Å². The predicted octanol–water partition coefficient (Wildman–Crippen LogP) is 6.70. The number of hydrogen-bond acceptors (Lipinski definition) is 8. The Balaban J connectivity index is 1.59. The number of halogens is 2. The molecule has 11 heteroatoms. The van der Waals surface area contributed by atoms with Crippen LogP contribution in [0.2, 0.25) is 0 Å². The molecule has 0 unspecified atom stereocenters. The van der Waals surface area contributed by atoms with Crippen molar-refractivity contribution in [3.05, 3.63) is 117 Å². The number of esters is 1. The first-order valence-electron chi connectivity index (χ1n) is 14.5. The zero-order valence-corrected chi connectivity index (χ0v) is 29.3. The number of allylic oxidation sites excluding steroid dienone is 1. The molecule has 234 valence electrons. The van der Waals surface area contributed by atoms with Crippen LogP contribution < -0.4 is 29.1 Å². The fourth-order valence-electron chi connectivity index (χ4n) is 5.03. The van der Waals surface area contributed by atoms with Crippen LogP contribution >= 0.6 is 43.2 Å². The average Bonchev–Trinajstić information content (AvgIpc) is 3.31. The Morgan fingerprint density at radius 2 is 1.62 bits per heavy atom. The number of carbonyl (C=O) groups excluding carboxylic acids is 1.